The second kappa shape index (κ2) is 5.61. The summed E-state index contributed by atoms with van der Waals surface area (Å²) in [5, 5.41) is 9.77. The zero-order valence-corrected chi connectivity index (χ0v) is 9.80. The van der Waals surface area contributed by atoms with E-state index < -0.39 is 5.60 Å². The molecule has 2 heteroatoms. The molecular weight excluding hydrogens is 162 g/mol. The van der Waals surface area contributed by atoms with Crippen LogP contribution in [0, 0.1) is 0 Å². The molecule has 1 aliphatic rings. The second-order valence-corrected chi connectivity index (χ2v) is 4.15. The summed E-state index contributed by atoms with van der Waals surface area (Å²) < 4.78 is 0. The van der Waals surface area contributed by atoms with Gasteiger partial charge in [0.15, 0.2) is 0 Å². The third kappa shape index (κ3) is 4.10. The number of hydrogen-bond acceptors (Lipinski definition) is 2. The zero-order valence-electron chi connectivity index (χ0n) is 9.80. The number of hydrogen-bond donors (Lipinski definition) is 1. The van der Waals surface area contributed by atoms with Crippen molar-refractivity contribution < 1.29 is 5.11 Å². The number of aliphatic hydroxyl groups is 1. The van der Waals surface area contributed by atoms with Gasteiger partial charge in [0.1, 0.15) is 0 Å². The van der Waals surface area contributed by atoms with Gasteiger partial charge in [-0.05, 0) is 40.3 Å². The standard InChI is InChI=1S/C9H19NO.C2H6/c1-9(2,11)8-6-4-5-7-10(8)3;1-2/h8,11H,4-7H2,1-3H3;1-2H3/t8-;/m0./s1. The van der Waals surface area contributed by atoms with Crippen molar-refractivity contribution in [3.8, 4) is 0 Å². The minimum atomic E-state index is -0.533. The first-order valence-electron chi connectivity index (χ1n) is 5.44. The van der Waals surface area contributed by atoms with Crippen molar-refractivity contribution in [2.45, 2.75) is 58.6 Å². The predicted octanol–water partition coefficient (Wildman–Crippen LogP) is 2.27. The van der Waals surface area contributed by atoms with Gasteiger partial charge in [-0.15, -0.1) is 0 Å². The molecule has 0 bridgehead atoms. The molecule has 0 saturated carbocycles. The Labute approximate surface area is 82.9 Å². The molecule has 1 N–H and O–H groups in total. The first-order valence-corrected chi connectivity index (χ1v) is 5.44. The van der Waals surface area contributed by atoms with Gasteiger partial charge in [-0.2, -0.15) is 0 Å². The highest BCUT2D eigenvalue weighted by atomic mass is 16.3. The van der Waals surface area contributed by atoms with Crippen molar-refractivity contribution in [2.75, 3.05) is 13.6 Å². The Morgan fingerprint density at radius 3 is 2.08 bits per heavy atom. The molecule has 0 aromatic rings. The van der Waals surface area contributed by atoms with Crippen LogP contribution >= 0.6 is 0 Å². The summed E-state index contributed by atoms with van der Waals surface area (Å²) in [5.74, 6) is 0. The third-order valence-electron chi connectivity index (χ3n) is 2.59. The van der Waals surface area contributed by atoms with Gasteiger partial charge >= 0.3 is 0 Å². The number of rotatable bonds is 1. The van der Waals surface area contributed by atoms with Gasteiger partial charge in [0.2, 0.25) is 0 Å². The largest absolute Gasteiger partial charge is 0.389 e. The Bertz CT molecular complexity index is 129. The Morgan fingerprint density at radius 2 is 1.77 bits per heavy atom. The van der Waals surface area contributed by atoms with E-state index in [1.165, 1.54) is 12.8 Å². The fourth-order valence-corrected chi connectivity index (χ4v) is 1.97. The van der Waals surface area contributed by atoms with Crippen molar-refractivity contribution in [3.05, 3.63) is 0 Å². The molecule has 80 valence electrons. The van der Waals surface area contributed by atoms with Crippen molar-refractivity contribution >= 4 is 0 Å². The van der Waals surface area contributed by atoms with E-state index in [1.54, 1.807) is 0 Å². The van der Waals surface area contributed by atoms with E-state index in [0.29, 0.717) is 6.04 Å². The van der Waals surface area contributed by atoms with E-state index >= 15 is 0 Å². The van der Waals surface area contributed by atoms with Gasteiger partial charge in [0.25, 0.3) is 0 Å². The summed E-state index contributed by atoms with van der Waals surface area (Å²) >= 11 is 0. The Balaban J connectivity index is 0.000000671. The van der Waals surface area contributed by atoms with Gasteiger partial charge in [0, 0.05) is 6.04 Å². The maximum Gasteiger partial charge on any atom is 0.0746 e. The Morgan fingerprint density at radius 1 is 1.23 bits per heavy atom. The topological polar surface area (TPSA) is 23.5 Å². The molecular formula is C11H25NO. The summed E-state index contributed by atoms with van der Waals surface area (Å²) in [6.45, 7) is 8.94. The predicted molar refractivity (Wildman–Crippen MR) is 57.9 cm³/mol. The molecule has 1 heterocycles. The molecule has 1 aliphatic heterocycles. The molecule has 13 heavy (non-hydrogen) atoms. The van der Waals surface area contributed by atoms with E-state index in [9.17, 15) is 5.11 Å². The van der Waals surface area contributed by atoms with Crippen molar-refractivity contribution in [2.24, 2.45) is 0 Å². The monoisotopic (exact) mass is 187 g/mol. The minimum absolute atomic E-state index is 0.358. The normalized spacial score (nSPS) is 24.9. The van der Waals surface area contributed by atoms with Crippen LogP contribution in [0.25, 0.3) is 0 Å². The summed E-state index contributed by atoms with van der Waals surface area (Å²) in [6.07, 6.45) is 3.68. The fraction of sp³-hybridized carbons (Fsp3) is 1.00. The van der Waals surface area contributed by atoms with Crippen LogP contribution in [-0.2, 0) is 0 Å². The van der Waals surface area contributed by atoms with Crippen molar-refractivity contribution in [1.29, 1.82) is 0 Å². The lowest BCUT2D eigenvalue weighted by molar-refractivity contribution is -0.0259. The molecule has 0 aromatic carbocycles. The fourth-order valence-electron chi connectivity index (χ4n) is 1.97. The molecule has 1 saturated heterocycles. The highest BCUT2D eigenvalue weighted by molar-refractivity contribution is 4.87. The van der Waals surface area contributed by atoms with E-state index in [0.717, 1.165) is 13.0 Å². The first-order chi connectivity index (χ1) is 6.02. The van der Waals surface area contributed by atoms with Crippen LogP contribution in [0.4, 0.5) is 0 Å². The van der Waals surface area contributed by atoms with E-state index in [1.807, 2.05) is 27.7 Å². The molecule has 0 radical (unpaired) electrons. The number of nitrogens with zero attached hydrogens (tertiary/aromatic N) is 1. The van der Waals surface area contributed by atoms with E-state index in [-0.39, 0.29) is 0 Å². The van der Waals surface area contributed by atoms with E-state index in [4.69, 9.17) is 0 Å². The molecule has 0 aliphatic carbocycles. The summed E-state index contributed by atoms with van der Waals surface area (Å²) in [7, 11) is 2.10. The van der Waals surface area contributed by atoms with Gasteiger partial charge in [0.05, 0.1) is 5.60 Å². The average Bonchev–Trinajstić information content (AvgIpc) is 2.07. The van der Waals surface area contributed by atoms with Gasteiger partial charge in [-0.1, -0.05) is 20.3 Å². The molecule has 0 aromatic heterocycles. The molecule has 0 amide bonds. The molecule has 0 spiro atoms. The van der Waals surface area contributed by atoms with Gasteiger partial charge in [-0.25, -0.2) is 0 Å². The highest BCUT2D eigenvalue weighted by Crippen LogP contribution is 2.24. The molecule has 1 fully saturated rings. The third-order valence-corrected chi connectivity index (χ3v) is 2.59. The second-order valence-electron chi connectivity index (χ2n) is 4.15. The quantitative estimate of drug-likeness (QED) is 0.680. The van der Waals surface area contributed by atoms with E-state index in [2.05, 4.69) is 11.9 Å². The number of likely N-dealkylation sites (tertiary alicyclic amines) is 1. The minimum Gasteiger partial charge on any atom is -0.389 e. The van der Waals surface area contributed by atoms with Crippen LogP contribution in [-0.4, -0.2) is 35.2 Å². The van der Waals surface area contributed by atoms with Crippen LogP contribution < -0.4 is 0 Å². The van der Waals surface area contributed by atoms with Crippen LogP contribution in [0.15, 0.2) is 0 Å². The number of likely N-dealkylation sites (N-methyl/N-ethyl adjacent to an activating group) is 1. The van der Waals surface area contributed by atoms with Gasteiger partial charge in [-0.3, -0.25) is 0 Å². The van der Waals surface area contributed by atoms with Crippen molar-refractivity contribution in [3.63, 3.8) is 0 Å². The summed E-state index contributed by atoms with van der Waals surface area (Å²) in [5.41, 5.74) is -0.533. The SMILES string of the molecule is CC.CN1CCCC[C@H]1C(C)(C)O. The first kappa shape index (κ1) is 12.9. The van der Waals surface area contributed by atoms with Crippen LogP contribution in [0.2, 0.25) is 0 Å². The lowest BCUT2D eigenvalue weighted by atomic mass is 9.90. The molecule has 2 nitrogen and oxygen atoms in total. The summed E-state index contributed by atoms with van der Waals surface area (Å²) in [6, 6.07) is 0.358. The maximum absolute atomic E-state index is 9.77. The van der Waals surface area contributed by atoms with Crippen molar-refractivity contribution in [1.82, 2.24) is 4.90 Å². The molecule has 1 atom stereocenters. The maximum atomic E-state index is 9.77. The number of piperidine rings is 1. The Kier molecular flexibility index (Phi) is 5.57. The molecule has 1 rings (SSSR count). The van der Waals surface area contributed by atoms with Crippen LogP contribution in [0.3, 0.4) is 0 Å². The highest BCUT2D eigenvalue weighted by Gasteiger charge is 2.31. The van der Waals surface area contributed by atoms with Gasteiger partial charge < -0.3 is 10.0 Å². The molecule has 0 unspecified atom stereocenters. The van der Waals surface area contributed by atoms with Crippen LogP contribution in [0.5, 0.6) is 0 Å². The average molecular weight is 187 g/mol. The Hall–Kier alpha value is -0.0800. The lowest BCUT2D eigenvalue weighted by Crippen LogP contribution is -2.49. The lowest BCUT2D eigenvalue weighted by Gasteiger charge is -2.40. The van der Waals surface area contributed by atoms with Crippen LogP contribution in [0.1, 0.15) is 47.0 Å². The summed E-state index contributed by atoms with van der Waals surface area (Å²) in [4.78, 5) is 2.27. The smallest absolute Gasteiger partial charge is 0.0746 e. The zero-order chi connectivity index (χ0) is 10.5.